The number of nitrogens with zero attached hydrogens (tertiary/aromatic N) is 3. The van der Waals surface area contributed by atoms with Gasteiger partial charge in [-0.05, 0) is 25.0 Å². The molecule has 0 unspecified atom stereocenters. The van der Waals surface area contributed by atoms with Crippen LogP contribution in [0.2, 0.25) is 0 Å². The summed E-state index contributed by atoms with van der Waals surface area (Å²) in [6.07, 6.45) is 1.57. The summed E-state index contributed by atoms with van der Waals surface area (Å²) in [5.74, 6) is 0.894. The average Bonchev–Trinajstić information content (AvgIpc) is 2.68. The number of ether oxygens (including phenoxy) is 1. The Bertz CT molecular complexity index is 820. The Hall–Kier alpha value is -2.41. The molecule has 0 bridgehead atoms. The van der Waals surface area contributed by atoms with Crippen molar-refractivity contribution in [3.8, 4) is 0 Å². The molecule has 2 aliphatic rings. The van der Waals surface area contributed by atoms with Crippen LogP contribution in [0.3, 0.4) is 0 Å². The molecule has 0 aliphatic carbocycles. The van der Waals surface area contributed by atoms with E-state index in [0.717, 1.165) is 25.9 Å². The van der Waals surface area contributed by atoms with Crippen LogP contribution < -0.4 is 10.5 Å². The van der Waals surface area contributed by atoms with E-state index in [-0.39, 0.29) is 17.4 Å². The number of anilines is 1. The van der Waals surface area contributed by atoms with Gasteiger partial charge in [-0.3, -0.25) is 14.6 Å². The highest BCUT2D eigenvalue weighted by atomic mass is 16.5. The summed E-state index contributed by atoms with van der Waals surface area (Å²) < 4.78 is 5.31. The Morgan fingerprint density at radius 3 is 2.60 bits per heavy atom. The number of amides is 1. The predicted molar refractivity (Wildman–Crippen MR) is 94.7 cm³/mol. The SMILES string of the molecule is O=C(C1CCN(c2nc3ccccc3c(=O)[nH]2)CC1)N1CCOCC1. The molecule has 4 rings (SSSR count). The Morgan fingerprint density at radius 1 is 1.12 bits per heavy atom. The van der Waals surface area contributed by atoms with E-state index in [4.69, 9.17) is 4.74 Å². The highest BCUT2D eigenvalue weighted by Crippen LogP contribution is 2.23. The normalized spacial score (nSPS) is 19.4. The number of morpholine rings is 1. The van der Waals surface area contributed by atoms with Crippen molar-refractivity contribution in [3.63, 3.8) is 0 Å². The van der Waals surface area contributed by atoms with Crippen LogP contribution in [0.1, 0.15) is 12.8 Å². The first-order valence-corrected chi connectivity index (χ1v) is 8.83. The summed E-state index contributed by atoms with van der Waals surface area (Å²) in [5, 5.41) is 0.601. The van der Waals surface area contributed by atoms with Crippen LogP contribution in [0.4, 0.5) is 5.95 Å². The number of para-hydroxylation sites is 1. The first kappa shape index (κ1) is 16.1. The fraction of sp³-hybridized carbons (Fsp3) is 0.500. The molecule has 2 saturated heterocycles. The Kier molecular flexibility index (Phi) is 4.40. The zero-order valence-corrected chi connectivity index (χ0v) is 14.1. The smallest absolute Gasteiger partial charge is 0.260 e. The lowest BCUT2D eigenvalue weighted by molar-refractivity contribution is -0.140. The van der Waals surface area contributed by atoms with Gasteiger partial charge in [0.2, 0.25) is 11.9 Å². The summed E-state index contributed by atoms with van der Waals surface area (Å²) in [6.45, 7) is 4.10. The number of aromatic amines is 1. The third-order valence-electron chi connectivity index (χ3n) is 5.07. The minimum Gasteiger partial charge on any atom is -0.378 e. The number of carbonyl (C=O) groups is 1. The number of benzene rings is 1. The maximum absolute atomic E-state index is 12.6. The molecule has 2 fully saturated rings. The van der Waals surface area contributed by atoms with Crippen LogP contribution in [0.25, 0.3) is 10.9 Å². The van der Waals surface area contributed by atoms with Gasteiger partial charge < -0.3 is 14.5 Å². The zero-order chi connectivity index (χ0) is 17.2. The summed E-state index contributed by atoms with van der Waals surface area (Å²) in [5.41, 5.74) is 0.583. The van der Waals surface area contributed by atoms with Crippen molar-refractivity contribution in [2.45, 2.75) is 12.8 Å². The number of piperidine rings is 1. The molecular formula is C18H22N4O3. The molecule has 132 valence electrons. The van der Waals surface area contributed by atoms with Gasteiger partial charge in [-0.1, -0.05) is 12.1 Å². The Balaban J connectivity index is 1.45. The summed E-state index contributed by atoms with van der Waals surface area (Å²) >= 11 is 0. The molecule has 7 nitrogen and oxygen atoms in total. The van der Waals surface area contributed by atoms with Crippen molar-refractivity contribution in [3.05, 3.63) is 34.6 Å². The highest BCUT2D eigenvalue weighted by molar-refractivity contribution is 5.80. The van der Waals surface area contributed by atoms with Crippen molar-refractivity contribution in [1.82, 2.24) is 14.9 Å². The molecule has 1 N–H and O–H groups in total. The van der Waals surface area contributed by atoms with E-state index >= 15 is 0 Å². The minimum atomic E-state index is -0.118. The Morgan fingerprint density at radius 2 is 1.84 bits per heavy atom. The van der Waals surface area contributed by atoms with Gasteiger partial charge in [0.25, 0.3) is 5.56 Å². The van der Waals surface area contributed by atoms with E-state index in [9.17, 15) is 9.59 Å². The number of carbonyl (C=O) groups excluding carboxylic acids is 1. The molecule has 0 spiro atoms. The average molecular weight is 342 g/mol. The first-order chi connectivity index (χ1) is 12.2. The first-order valence-electron chi connectivity index (χ1n) is 8.83. The van der Waals surface area contributed by atoms with Gasteiger partial charge >= 0.3 is 0 Å². The van der Waals surface area contributed by atoms with Gasteiger partial charge in [0, 0.05) is 32.1 Å². The second-order valence-corrected chi connectivity index (χ2v) is 6.61. The van der Waals surface area contributed by atoms with Crippen molar-refractivity contribution < 1.29 is 9.53 Å². The van der Waals surface area contributed by atoms with Gasteiger partial charge in [0.15, 0.2) is 0 Å². The van der Waals surface area contributed by atoms with E-state index in [1.54, 1.807) is 6.07 Å². The molecule has 25 heavy (non-hydrogen) atoms. The number of fused-ring (bicyclic) bond motifs is 1. The van der Waals surface area contributed by atoms with E-state index in [0.29, 0.717) is 43.2 Å². The fourth-order valence-electron chi connectivity index (χ4n) is 3.60. The van der Waals surface area contributed by atoms with Crippen LogP contribution in [0.5, 0.6) is 0 Å². The number of nitrogens with one attached hydrogen (secondary N) is 1. The van der Waals surface area contributed by atoms with E-state index in [1.165, 1.54) is 0 Å². The number of aromatic nitrogens is 2. The Labute approximate surface area is 145 Å². The van der Waals surface area contributed by atoms with E-state index in [1.807, 2.05) is 23.1 Å². The number of hydrogen-bond donors (Lipinski definition) is 1. The van der Waals surface area contributed by atoms with Gasteiger partial charge in [-0.25, -0.2) is 4.98 Å². The lowest BCUT2D eigenvalue weighted by atomic mass is 9.95. The van der Waals surface area contributed by atoms with Gasteiger partial charge in [-0.15, -0.1) is 0 Å². The topological polar surface area (TPSA) is 78.5 Å². The maximum atomic E-state index is 12.6. The van der Waals surface area contributed by atoms with E-state index in [2.05, 4.69) is 14.9 Å². The molecule has 3 heterocycles. The second kappa shape index (κ2) is 6.84. The highest BCUT2D eigenvalue weighted by Gasteiger charge is 2.30. The lowest BCUT2D eigenvalue weighted by Gasteiger charge is -2.35. The standard InChI is InChI=1S/C18H22N4O3/c23-16-14-3-1-2-4-15(14)19-18(20-16)22-7-5-13(6-8-22)17(24)21-9-11-25-12-10-21/h1-4,13H,5-12H2,(H,19,20,23). The van der Waals surface area contributed by atoms with Gasteiger partial charge in [0.1, 0.15) is 0 Å². The van der Waals surface area contributed by atoms with E-state index < -0.39 is 0 Å². The molecule has 1 amide bonds. The minimum absolute atomic E-state index is 0.0570. The molecule has 2 aromatic rings. The predicted octanol–water partition coefficient (Wildman–Crippen LogP) is 0.998. The maximum Gasteiger partial charge on any atom is 0.260 e. The summed E-state index contributed by atoms with van der Waals surface area (Å²) in [7, 11) is 0. The second-order valence-electron chi connectivity index (χ2n) is 6.61. The summed E-state index contributed by atoms with van der Waals surface area (Å²) in [6, 6.07) is 7.34. The summed E-state index contributed by atoms with van der Waals surface area (Å²) in [4.78, 5) is 36.3. The molecule has 1 aromatic heterocycles. The molecule has 0 radical (unpaired) electrons. The van der Waals surface area contributed by atoms with Gasteiger partial charge in [0.05, 0.1) is 24.1 Å². The molecular weight excluding hydrogens is 320 g/mol. The number of rotatable bonds is 2. The zero-order valence-electron chi connectivity index (χ0n) is 14.1. The fourth-order valence-corrected chi connectivity index (χ4v) is 3.60. The third-order valence-corrected chi connectivity index (χ3v) is 5.07. The van der Waals surface area contributed by atoms with Crippen LogP contribution in [0.15, 0.2) is 29.1 Å². The largest absolute Gasteiger partial charge is 0.378 e. The van der Waals surface area contributed by atoms with Crippen LogP contribution >= 0.6 is 0 Å². The third kappa shape index (κ3) is 3.24. The lowest BCUT2D eigenvalue weighted by Crippen LogP contribution is -2.47. The number of hydrogen-bond acceptors (Lipinski definition) is 5. The number of H-pyrrole nitrogens is 1. The molecule has 0 saturated carbocycles. The van der Waals surface area contributed by atoms with Crippen molar-refractivity contribution in [2.24, 2.45) is 5.92 Å². The van der Waals surface area contributed by atoms with Crippen LogP contribution in [-0.4, -0.2) is 60.2 Å². The van der Waals surface area contributed by atoms with Gasteiger partial charge in [-0.2, -0.15) is 0 Å². The quantitative estimate of drug-likeness (QED) is 0.881. The van der Waals surface area contributed by atoms with Crippen LogP contribution in [0, 0.1) is 5.92 Å². The van der Waals surface area contributed by atoms with Crippen molar-refractivity contribution in [1.29, 1.82) is 0 Å². The van der Waals surface area contributed by atoms with Crippen molar-refractivity contribution >= 4 is 22.8 Å². The molecule has 1 aromatic carbocycles. The molecule has 2 aliphatic heterocycles. The van der Waals surface area contributed by atoms with Crippen LogP contribution in [-0.2, 0) is 9.53 Å². The molecule has 7 heteroatoms. The monoisotopic (exact) mass is 342 g/mol. The van der Waals surface area contributed by atoms with Crippen molar-refractivity contribution in [2.75, 3.05) is 44.3 Å². The molecule has 0 atom stereocenters.